The second kappa shape index (κ2) is 9.26. The molecule has 1 fully saturated rings. The zero-order valence-corrected chi connectivity index (χ0v) is 20.5. The third kappa shape index (κ3) is 4.81. The van der Waals surface area contributed by atoms with Crippen molar-refractivity contribution in [2.75, 3.05) is 17.8 Å². The van der Waals surface area contributed by atoms with Crippen LogP contribution in [0.15, 0.2) is 35.2 Å². The molecule has 1 aliphatic heterocycles. The van der Waals surface area contributed by atoms with Gasteiger partial charge in [-0.25, -0.2) is 17.8 Å². The summed E-state index contributed by atoms with van der Waals surface area (Å²) < 4.78 is 43.5. The molecule has 1 N–H and O–H groups in total. The van der Waals surface area contributed by atoms with E-state index in [0.717, 1.165) is 38.8 Å². The maximum absolute atomic E-state index is 13.2. The molecule has 7 nitrogen and oxygen atoms in total. The topological polar surface area (TPSA) is 84.3 Å². The van der Waals surface area contributed by atoms with Gasteiger partial charge < -0.3 is 9.47 Å². The Balaban J connectivity index is 1.64. The van der Waals surface area contributed by atoms with Crippen molar-refractivity contribution in [2.45, 2.75) is 44.4 Å². The summed E-state index contributed by atoms with van der Waals surface area (Å²) >= 11 is 1.29. The first-order valence-corrected chi connectivity index (χ1v) is 13.2. The van der Waals surface area contributed by atoms with Gasteiger partial charge in [-0.05, 0) is 57.0 Å². The quantitative estimate of drug-likeness (QED) is 0.561. The fourth-order valence-corrected chi connectivity index (χ4v) is 6.43. The van der Waals surface area contributed by atoms with Gasteiger partial charge in [0, 0.05) is 31.5 Å². The molecular formula is C23H27FN4O3S2. The van der Waals surface area contributed by atoms with Crippen molar-refractivity contribution in [1.29, 1.82) is 0 Å². The maximum atomic E-state index is 13.2. The molecule has 0 aliphatic carbocycles. The van der Waals surface area contributed by atoms with E-state index < -0.39 is 15.8 Å². The fraction of sp³-hybridized carbons (Fsp3) is 0.391. The highest BCUT2D eigenvalue weighted by Gasteiger charge is 2.27. The molecule has 0 unspecified atom stereocenters. The summed E-state index contributed by atoms with van der Waals surface area (Å²) in [5.74, 6) is -0.448. The first-order chi connectivity index (χ1) is 15.7. The van der Waals surface area contributed by atoms with Gasteiger partial charge in [-0.1, -0.05) is 12.8 Å². The zero-order chi connectivity index (χ0) is 23.8. The molecule has 1 aromatic carbocycles. The zero-order valence-electron chi connectivity index (χ0n) is 18.9. The Morgan fingerprint density at radius 2 is 1.73 bits per heavy atom. The van der Waals surface area contributed by atoms with Crippen molar-refractivity contribution in [2.24, 2.45) is 7.05 Å². The van der Waals surface area contributed by atoms with Crippen LogP contribution in [0.3, 0.4) is 0 Å². The summed E-state index contributed by atoms with van der Waals surface area (Å²) in [7, 11) is -2.13. The van der Waals surface area contributed by atoms with Crippen molar-refractivity contribution in [3.8, 4) is 10.7 Å². The highest BCUT2D eigenvalue weighted by atomic mass is 32.2. The second-order valence-electron chi connectivity index (χ2n) is 8.29. The number of nitrogens with one attached hydrogen (secondary N) is 1. The van der Waals surface area contributed by atoms with Gasteiger partial charge >= 0.3 is 0 Å². The van der Waals surface area contributed by atoms with Gasteiger partial charge in [0.2, 0.25) is 0 Å². The van der Waals surface area contributed by atoms with Crippen molar-refractivity contribution < 1.29 is 17.6 Å². The molecular weight excluding hydrogens is 463 g/mol. The van der Waals surface area contributed by atoms with E-state index in [-0.39, 0.29) is 16.5 Å². The highest BCUT2D eigenvalue weighted by molar-refractivity contribution is 7.92. The second-order valence-corrected chi connectivity index (χ2v) is 10.9. The molecule has 10 heteroatoms. The minimum absolute atomic E-state index is 0.00472. The van der Waals surface area contributed by atoms with E-state index in [9.17, 15) is 17.6 Å². The van der Waals surface area contributed by atoms with Crippen LogP contribution in [0, 0.1) is 19.7 Å². The van der Waals surface area contributed by atoms with Crippen LogP contribution in [0.5, 0.6) is 0 Å². The van der Waals surface area contributed by atoms with Gasteiger partial charge in [0.1, 0.15) is 20.6 Å². The summed E-state index contributed by atoms with van der Waals surface area (Å²) in [4.78, 5) is 20.3. The Bertz CT molecular complexity index is 1270. The van der Waals surface area contributed by atoms with Gasteiger partial charge in [-0.15, -0.1) is 11.3 Å². The maximum Gasteiger partial charge on any atom is 0.265 e. The molecule has 3 heterocycles. The molecule has 33 heavy (non-hydrogen) atoms. The smallest absolute Gasteiger partial charge is 0.265 e. The van der Waals surface area contributed by atoms with E-state index in [1.807, 2.05) is 11.8 Å². The average Bonchev–Trinajstić information content (AvgIpc) is 3.15. The third-order valence-corrected chi connectivity index (χ3v) is 8.64. The Kier molecular flexibility index (Phi) is 6.58. The number of likely N-dealkylation sites (tertiary alicyclic amines) is 1. The standard InChI is InChI=1S/C23H27FN4O3S2/c1-15-21(23(29)28-12-6-4-5-7-13-28)32-22(25-15)19-14-20(16(2)27(19)3)33(30,31)26-18-10-8-17(24)9-11-18/h8-11,14,26H,4-7,12-13H2,1-3H3. The number of sulfonamides is 1. The molecule has 1 amide bonds. The van der Waals surface area contributed by atoms with Gasteiger partial charge in [-0.2, -0.15) is 0 Å². The van der Waals surface area contributed by atoms with Crippen LogP contribution in [0.2, 0.25) is 0 Å². The van der Waals surface area contributed by atoms with Gasteiger partial charge in [0.25, 0.3) is 15.9 Å². The molecule has 3 aromatic rings. The van der Waals surface area contributed by atoms with Crippen LogP contribution >= 0.6 is 11.3 Å². The minimum Gasteiger partial charge on any atom is -0.345 e. The van der Waals surface area contributed by atoms with Crippen LogP contribution in [0.4, 0.5) is 10.1 Å². The minimum atomic E-state index is -3.90. The van der Waals surface area contributed by atoms with Crippen LogP contribution in [0.25, 0.3) is 10.7 Å². The summed E-state index contributed by atoms with van der Waals surface area (Å²) in [6.07, 6.45) is 4.30. The number of carbonyl (C=O) groups is 1. The summed E-state index contributed by atoms with van der Waals surface area (Å²) in [6, 6.07) is 6.71. The molecule has 1 saturated heterocycles. The highest BCUT2D eigenvalue weighted by Crippen LogP contribution is 2.33. The normalized spacial score (nSPS) is 14.8. The molecule has 0 bridgehead atoms. The monoisotopic (exact) mass is 490 g/mol. The van der Waals surface area contributed by atoms with Crippen molar-refractivity contribution in [3.63, 3.8) is 0 Å². The number of thiazole rings is 1. The molecule has 0 spiro atoms. The van der Waals surface area contributed by atoms with E-state index in [1.165, 1.54) is 35.6 Å². The first-order valence-electron chi connectivity index (χ1n) is 10.9. The van der Waals surface area contributed by atoms with Crippen LogP contribution in [0.1, 0.15) is 46.7 Å². The number of aryl methyl sites for hydroxylation is 1. The van der Waals surface area contributed by atoms with E-state index in [2.05, 4.69) is 9.71 Å². The fourth-order valence-electron chi connectivity index (χ4n) is 4.00. The molecule has 0 atom stereocenters. The van der Waals surface area contributed by atoms with Gasteiger partial charge in [0.15, 0.2) is 0 Å². The molecule has 0 radical (unpaired) electrons. The number of anilines is 1. The third-order valence-electron chi connectivity index (χ3n) is 5.98. The molecule has 0 saturated carbocycles. The van der Waals surface area contributed by atoms with Crippen LogP contribution in [-0.2, 0) is 17.1 Å². The number of hydrogen-bond donors (Lipinski definition) is 1. The van der Waals surface area contributed by atoms with Crippen molar-refractivity contribution in [1.82, 2.24) is 14.5 Å². The number of carbonyl (C=O) groups excluding carboxylic acids is 1. The lowest BCUT2D eigenvalue weighted by molar-refractivity contribution is 0.0765. The number of nitrogens with zero attached hydrogens (tertiary/aromatic N) is 3. The lowest BCUT2D eigenvalue weighted by Gasteiger charge is -2.19. The van der Waals surface area contributed by atoms with Gasteiger partial charge in [0.05, 0.1) is 11.4 Å². The number of hydrogen-bond acceptors (Lipinski definition) is 5. The Hall–Kier alpha value is -2.72. The number of benzene rings is 1. The Labute approximate surface area is 197 Å². The SMILES string of the molecule is Cc1nc(-c2cc(S(=O)(=O)Nc3ccc(F)cc3)c(C)n2C)sc1C(=O)N1CCCCCC1. The number of amides is 1. The summed E-state index contributed by atoms with van der Waals surface area (Å²) in [6.45, 7) is 5.04. The van der Waals surface area contributed by atoms with E-state index in [0.29, 0.717) is 27.0 Å². The number of rotatable bonds is 5. The molecule has 2 aromatic heterocycles. The largest absolute Gasteiger partial charge is 0.345 e. The first kappa shape index (κ1) is 23.4. The Morgan fingerprint density at radius 1 is 1.09 bits per heavy atom. The average molecular weight is 491 g/mol. The number of aromatic nitrogens is 2. The van der Waals surface area contributed by atoms with Gasteiger partial charge in [-0.3, -0.25) is 9.52 Å². The van der Waals surface area contributed by atoms with Crippen LogP contribution in [-0.4, -0.2) is 41.9 Å². The predicted molar refractivity (Wildman–Crippen MR) is 128 cm³/mol. The van der Waals surface area contributed by atoms with Crippen molar-refractivity contribution >= 4 is 33.0 Å². The molecule has 176 valence electrons. The summed E-state index contributed by atoms with van der Waals surface area (Å²) in [5.41, 5.74) is 2.08. The predicted octanol–water partition coefficient (Wildman–Crippen LogP) is 4.72. The molecule has 1 aliphatic rings. The van der Waals surface area contributed by atoms with E-state index in [4.69, 9.17) is 0 Å². The lowest BCUT2D eigenvalue weighted by atomic mass is 10.2. The van der Waals surface area contributed by atoms with E-state index in [1.54, 1.807) is 24.6 Å². The Morgan fingerprint density at radius 3 is 2.36 bits per heavy atom. The van der Waals surface area contributed by atoms with Crippen LogP contribution < -0.4 is 4.72 Å². The summed E-state index contributed by atoms with van der Waals surface area (Å²) in [5, 5.41) is 0.597. The lowest BCUT2D eigenvalue weighted by Crippen LogP contribution is -2.31. The van der Waals surface area contributed by atoms with Crippen molar-refractivity contribution in [3.05, 3.63) is 52.4 Å². The molecule has 4 rings (SSSR count). The number of halogens is 1. The van der Waals surface area contributed by atoms with E-state index >= 15 is 0 Å².